The number of piperidine rings is 1. The van der Waals surface area contributed by atoms with Crippen molar-refractivity contribution in [3.05, 3.63) is 29.8 Å². The topological polar surface area (TPSA) is 49.9 Å². The summed E-state index contributed by atoms with van der Waals surface area (Å²) in [6, 6.07) is 7.22. The van der Waals surface area contributed by atoms with E-state index in [1.165, 1.54) is 0 Å². The van der Waals surface area contributed by atoms with Gasteiger partial charge in [0.25, 0.3) is 0 Å². The van der Waals surface area contributed by atoms with Crippen molar-refractivity contribution >= 4 is 17.7 Å². The molecule has 2 heterocycles. The minimum Gasteiger partial charge on any atom is -0.443 e. The van der Waals surface area contributed by atoms with Crippen molar-refractivity contribution < 1.29 is 14.3 Å². The molecular formula is C20H28N2O3. The van der Waals surface area contributed by atoms with Gasteiger partial charge in [0.1, 0.15) is 11.6 Å². The highest BCUT2D eigenvalue weighted by molar-refractivity contribution is 6.00. The number of hydrogen-bond donors (Lipinski definition) is 0. The molecule has 2 aliphatic heterocycles. The maximum absolute atomic E-state index is 13.2. The van der Waals surface area contributed by atoms with Gasteiger partial charge < -0.3 is 9.64 Å². The Morgan fingerprint density at radius 1 is 1.20 bits per heavy atom. The van der Waals surface area contributed by atoms with Crippen LogP contribution in [0.5, 0.6) is 0 Å². The summed E-state index contributed by atoms with van der Waals surface area (Å²) in [4.78, 5) is 29.5. The van der Waals surface area contributed by atoms with Crippen LogP contribution in [0.2, 0.25) is 0 Å². The molecule has 5 nitrogen and oxygen atoms in total. The first kappa shape index (κ1) is 17.8. The molecule has 2 amide bonds. The first-order valence-electron chi connectivity index (χ1n) is 9.15. The highest BCUT2D eigenvalue weighted by Crippen LogP contribution is 2.34. The molecule has 2 atom stereocenters. The molecule has 0 bridgehead atoms. The smallest absolute Gasteiger partial charge is 0.415 e. The number of amides is 2. The molecule has 1 aromatic carbocycles. The minimum absolute atomic E-state index is 0.0357. The number of benzene rings is 1. The van der Waals surface area contributed by atoms with Gasteiger partial charge in [-0.2, -0.15) is 0 Å². The quantitative estimate of drug-likeness (QED) is 0.782. The summed E-state index contributed by atoms with van der Waals surface area (Å²) in [5.74, 6) is 0.546. The standard InChI is InChI=1S/C20H28N2O3/c1-14-8-7-11-21(13-14)18(23)17-12-15-9-5-6-10-16(15)22(17)19(24)25-20(2,3)4/h5-6,9-10,14,17H,7-8,11-13H2,1-4H3/t14-,17-/m1/s1. The summed E-state index contributed by atoms with van der Waals surface area (Å²) in [6.07, 6.45) is 2.30. The molecule has 0 aliphatic carbocycles. The van der Waals surface area contributed by atoms with Gasteiger partial charge in [-0.15, -0.1) is 0 Å². The van der Waals surface area contributed by atoms with Gasteiger partial charge in [0, 0.05) is 19.5 Å². The lowest BCUT2D eigenvalue weighted by atomic mass is 9.99. The lowest BCUT2D eigenvalue weighted by Gasteiger charge is -2.35. The van der Waals surface area contributed by atoms with Crippen LogP contribution < -0.4 is 4.90 Å². The third-order valence-corrected chi connectivity index (χ3v) is 4.82. The average Bonchev–Trinajstić information content (AvgIpc) is 2.92. The lowest BCUT2D eigenvalue weighted by molar-refractivity contribution is -0.134. The molecule has 1 fully saturated rings. The first-order valence-corrected chi connectivity index (χ1v) is 9.15. The number of anilines is 1. The molecule has 136 valence electrons. The molecule has 1 saturated heterocycles. The molecule has 25 heavy (non-hydrogen) atoms. The van der Waals surface area contributed by atoms with E-state index in [1.54, 1.807) is 4.90 Å². The van der Waals surface area contributed by atoms with Crippen molar-refractivity contribution in [2.24, 2.45) is 5.92 Å². The van der Waals surface area contributed by atoms with Crippen LogP contribution in [0, 0.1) is 5.92 Å². The summed E-state index contributed by atoms with van der Waals surface area (Å²) in [6.45, 7) is 9.25. The Kier molecular flexibility index (Phi) is 4.76. The van der Waals surface area contributed by atoms with Crippen LogP contribution in [-0.2, 0) is 16.0 Å². The van der Waals surface area contributed by atoms with Crippen LogP contribution in [0.25, 0.3) is 0 Å². The molecule has 0 aromatic heterocycles. The molecule has 2 aliphatic rings. The largest absolute Gasteiger partial charge is 0.443 e. The molecule has 0 unspecified atom stereocenters. The number of carbonyl (C=O) groups excluding carboxylic acids is 2. The van der Waals surface area contributed by atoms with Gasteiger partial charge in [-0.25, -0.2) is 4.79 Å². The van der Waals surface area contributed by atoms with E-state index >= 15 is 0 Å². The van der Waals surface area contributed by atoms with Gasteiger partial charge in [0.05, 0.1) is 5.69 Å². The predicted molar refractivity (Wildman–Crippen MR) is 97.6 cm³/mol. The third-order valence-electron chi connectivity index (χ3n) is 4.82. The second-order valence-electron chi connectivity index (χ2n) is 8.23. The Morgan fingerprint density at radius 3 is 2.60 bits per heavy atom. The molecule has 0 N–H and O–H groups in total. The highest BCUT2D eigenvalue weighted by atomic mass is 16.6. The summed E-state index contributed by atoms with van der Waals surface area (Å²) in [5.41, 5.74) is 1.22. The van der Waals surface area contributed by atoms with Crippen LogP contribution in [0.3, 0.4) is 0 Å². The molecule has 0 spiro atoms. The molecular weight excluding hydrogens is 316 g/mol. The zero-order chi connectivity index (χ0) is 18.2. The van der Waals surface area contributed by atoms with E-state index in [-0.39, 0.29) is 5.91 Å². The zero-order valence-corrected chi connectivity index (χ0v) is 15.6. The Balaban J connectivity index is 1.87. The van der Waals surface area contributed by atoms with Crippen molar-refractivity contribution in [3.8, 4) is 0 Å². The number of para-hydroxylation sites is 1. The van der Waals surface area contributed by atoms with Crippen molar-refractivity contribution in [1.29, 1.82) is 0 Å². The van der Waals surface area contributed by atoms with Crippen molar-refractivity contribution in [2.45, 2.75) is 58.6 Å². The van der Waals surface area contributed by atoms with Gasteiger partial charge in [-0.3, -0.25) is 9.69 Å². The van der Waals surface area contributed by atoms with Crippen molar-refractivity contribution in [3.63, 3.8) is 0 Å². The van der Waals surface area contributed by atoms with Crippen molar-refractivity contribution in [1.82, 2.24) is 4.90 Å². The zero-order valence-electron chi connectivity index (χ0n) is 15.6. The summed E-state index contributed by atoms with van der Waals surface area (Å²) in [5, 5.41) is 0. The van der Waals surface area contributed by atoms with Crippen LogP contribution >= 0.6 is 0 Å². The number of ether oxygens (including phenoxy) is 1. The molecule has 5 heteroatoms. The fourth-order valence-electron chi connectivity index (χ4n) is 3.72. The fraction of sp³-hybridized carbons (Fsp3) is 0.600. The van der Waals surface area contributed by atoms with E-state index in [0.29, 0.717) is 12.3 Å². The Bertz CT molecular complexity index is 665. The SMILES string of the molecule is C[C@@H]1CCCN(C(=O)[C@H]2Cc3ccccc3N2C(=O)OC(C)(C)C)C1. The Labute approximate surface area is 149 Å². The summed E-state index contributed by atoms with van der Waals surface area (Å²) in [7, 11) is 0. The Hall–Kier alpha value is -2.04. The second-order valence-corrected chi connectivity index (χ2v) is 8.23. The van der Waals surface area contributed by atoms with E-state index in [4.69, 9.17) is 4.74 Å². The van der Waals surface area contributed by atoms with Gasteiger partial charge in [0.2, 0.25) is 5.91 Å². The molecule has 1 aromatic rings. The molecule has 0 radical (unpaired) electrons. The van der Waals surface area contributed by atoms with Gasteiger partial charge >= 0.3 is 6.09 Å². The van der Waals surface area contributed by atoms with Gasteiger partial charge in [0.15, 0.2) is 0 Å². The Morgan fingerprint density at radius 2 is 1.92 bits per heavy atom. The van der Waals surface area contributed by atoms with Gasteiger partial charge in [-0.05, 0) is 51.2 Å². The average molecular weight is 344 g/mol. The van der Waals surface area contributed by atoms with E-state index in [1.807, 2.05) is 49.9 Å². The third kappa shape index (κ3) is 3.80. The molecule has 3 rings (SSSR count). The summed E-state index contributed by atoms with van der Waals surface area (Å²) < 4.78 is 5.58. The first-order chi connectivity index (χ1) is 11.8. The number of likely N-dealkylation sites (tertiary alicyclic amines) is 1. The van der Waals surface area contributed by atoms with E-state index in [0.717, 1.165) is 37.2 Å². The normalized spacial score (nSPS) is 23.4. The maximum Gasteiger partial charge on any atom is 0.415 e. The lowest BCUT2D eigenvalue weighted by Crippen LogP contribution is -2.52. The predicted octanol–water partition coefficient (Wildman–Crippen LogP) is 3.61. The number of fused-ring (bicyclic) bond motifs is 1. The number of nitrogens with zero attached hydrogens (tertiary/aromatic N) is 2. The highest BCUT2D eigenvalue weighted by Gasteiger charge is 2.42. The van der Waals surface area contributed by atoms with Crippen LogP contribution in [0.1, 0.15) is 46.1 Å². The van der Waals surface area contributed by atoms with Gasteiger partial charge in [-0.1, -0.05) is 25.1 Å². The monoisotopic (exact) mass is 344 g/mol. The maximum atomic E-state index is 13.2. The summed E-state index contributed by atoms with van der Waals surface area (Å²) >= 11 is 0. The van der Waals surface area contributed by atoms with Crippen LogP contribution in [0.15, 0.2) is 24.3 Å². The minimum atomic E-state index is -0.595. The second kappa shape index (κ2) is 6.70. The number of carbonyl (C=O) groups is 2. The van der Waals surface area contributed by atoms with E-state index in [2.05, 4.69) is 6.92 Å². The van der Waals surface area contributed by atoms with E-state index < -0.39 is 17.7 Å². The van der Waals surface area contributed by atoms with E-state index in [9.17, 15) is 9.59 Å². The molecule has 0 saturated carbocycles. The van der Waals surface area contributed by atoms with Crippen LogP contribution in [0.4, 0.5) is 10.5 Å². The number of hydrogen-bond acceptors (Lipinski definition) is 3. The fourth-order valence-corrected chi connectivity index (χ4v) is 3.72. The van der Waals surface area contributed by atoms with Crippen molar-refractivity contribution in [2.75, 3.05) is 18.0 Å². The van der Waals surface area contributed by atoms with Crippen LogP contribution in [-0.4, -0.2) is 41.6 Å². The number of rotatable bonds is 1.